The molecule has 0 aromatic heterocycles. The highest BCUT2D eigenvalue weighted by atomic mass is 19.4. The molecular formula is C33H34F3N3O4. The number of amides is 2. The van der Waals surface area contributed by atoms with Crippen LogP contribution in [0.5, 0.6) is 5.75 Å². The fourth-order valence-electron chi connectivity index (χ4n) is 6.26. The van der Waals surface area contributed by atoms with Crippen molar-refractivity contribution in [1.82, 2.24) is 10.2 Å². The fraction of sp³-hybridized carbons (Fsp3) is 0.394. The number of fused-ring (bicyclic) bond motifs is 3. The summed E-state index contributed by atoms with van der Waals surface area (Å²) in [7, 11) is 1.76. The van der Waals surface area contributed by atoms with Gasteiger partial charge in [-0.15, -0.1) is 0 Å². The summed E-state index contributed by atoms with van der Waals surface area (Å²) in [5.74, 6) is 0.224. The van der Waals surface area contributed by atoms with Gasteiger partial charge in [-0.05, 0) is 72.7 Å². The molecule has 1 aliphatic carbocycles. The molecule has 7 nitrogen and oxygen atoms in total. The van der Waals surface area contributed by atoms with E-state index >= 15 is 0 Å². The van der Waals surface area contributed by atoms with E-state index in [1.807, 2.05) is 12.1 Å². The molecule has 0 spiro atoms. The highest BCUT2D eigenvalue weighted by molar-refractivity contribution is 5.98. The first kappa shape index (κ1) is 29.0. The lowest BCUT2D eigenvalue weighted by Gasteiger charge is -2.42. The van der Waals surface area contributed by atoms with Crippen LogP contribution in [0.25, 0.3) is 0 Å². The third-order valence-corrected chi connectivity index (χ3v) is 8.72. The van der Waals surface area contributed by atoms with Crippen molar-refractivity contribution >= 4 is 17.5 Å². The number of likely N-dealkylation sites (N-methyl/N-ethyl adjacent to an activating group) is 1. The molecular weight excluding hydrogens is 559 g/mol. The zero-order valence-corrected chi connectivity index (χ0v) is 23.8. The van der Waals surface area contributed by atoms with Crippen LogP contribution in [-0.4, -0.2) is 55.2 Å². The van der Waals surface area contributed by atoms with Crippen LogP contribution in [0.1, 0.15) is 45.5 Å². The molecule has 3 aliphatic rings. The van der Waals surface area contributed by atoms with Crippen molar-refractivity contribution in [1.29, 1.82) is 0 Å². The molecule has 1 fully saturated rings. The minimum atomic E-state index is -4.38. The van der Waals surface area contributed by atoms with Gasteiger partial charge in [-0.1, -0.05) is 36.4 Å². The second-order valence-corrected chi connectivity index (χ2v) is 11.5. The molecule has 0 saturated carbocycles. The number of carbonyl (C=O) groups is 2. The molecule has 0 radical (unpaired) electrons. The number of rotatable bonds is 6. The monoisotopic (exact) mass is 593 g/mol. The normalized spacial score (nSPS) is 22.0. The second kappa shape index (κ2) is 11.9. The Morgan fingerprint density at radius 3 is 2.42 bits per heavy atom. The predicted octanol–water partition coefficient (Wildman–Crippen LogP) is 5.23. The van der Waals surface area contributed by atoms with Crippen LogP contribution in [0.2, 0.25) is 0 Å². The van der Waals surface area contributed by atoms with Crippen LogP contribution in [0.3, 0.4) is 0 Å². The lowest BCUT2D eigenvalue weighted by Crippen LogP contribution is -2.55. The van der Waals surface area contributed by atoms with Crippen molar-refractivity contribution < 1.29 is 32.2 Å². The quantitative estimate of drug-likeness (QED) is 0.410. The summed E-state index contributed by atoms with van der Waals surface area (Å²) in [6.07, 6.45) is -1.97. The SMILES string of the molecule is CN1C(=O)c2cc(NCc3ccc(C(F)(F)F)cc3)ccc2OC[C@@H]2O[C@H](CNC(=O)C3Cc4ccccc4C3)CC[C@@H]21. The van der Waals surface area contributed by atoms with E-state index in [2.05, 4.69) is 22.8 Å². The standard InChI is InChI=1S/C33H34F3N3O4/c1-39-28-12-11-26(18-38-31(40)23-14-21-4-2-3-5-22(21)15-23)43-30(28)19-42-29-13-10-25(16-27(29)32(39)41)37-17-20-6-8-24(9-7-20)33(34,35)36/h2-10,13,16,23,26,28,30,37H,11-12,14-15,17-19H2,1H3,(H,38,40)/t26-,28-,30-/m0/s1. The number of nitrogens with zero attached hydrogens (tertiary/aromatic N) is 1. The van der Waals surface area contributed by atoms with Crippen molar-refractivity contribution in [2.45, 2.75) is 56.7 Å². The van der Waals surface area contributed by atoms with Crippen molar-refractivity contribution in [3.63, 3.8) is 0 Å². The Morgan fingerprint density at radius 1 is 1.00 bits per heavy atom. The molecule has 3 aromatic carbocycles. The summed E-state index contributed by atoms with van der Waals surface area (Å²) in [6, 6.07) is 18.2. The topological polar surface area (TPSA) is 79.9 Å². The van der Waals surface area contributed by atoms with Crippen LogP contribution in [0.4, 0.5) is 18.9 Å². The van der Waals surface area contributed by atoms with E-state index in [-0.39, 0.29) is 42.6 Å². The molecule has 1 saturated heterocycles. The largest absolute Gasteiger partial charge is 0.490 e. The molecule has 3 atom stereocenters. The van der Waals surface area contributed by atoms with Crippen molar-refractivity contribution in [3.05, 3.63) is 94.5 Å². The minimum absolute atomic E-state index is 0.0415. The number of hydrogen-bond donors (Lipinski definition) is 2. The average molecular weight is 594 g/mol. The van der Waals surface area contributed by atoms with Gasteiger partial charge in [-0.3, -0.25) is 9.59 Å². The molecule has 2 N–H and O–H groups in total. The number of halogens is 3. The van der Waals surface area contributed by atoms with Gasteiger partial charge in [0.15, 0.2) is 0 Å². The fourth-order valence-corrected chi connectivity index (χ4v) is 6.26. The van der Waals surface area contributed by atoms with E-state index in [1.54, 1.807) is 30.1 Å². The van der Waals surface area contributed by atoms with Gasteiger partial charge in [0, 0.05) is 31.7 Å². The molecule has 2 aliphatic heterocycles. The Labute approximate surface area is 248 Å². The molecule has 2 heterocycles. The summed E-state index contributed by atoms with van der Waals surface area (Å²) < 4.78 is 51.0. The number of alkyl halides is 3. The summed E-state index contributed by atoms with van der Waals surface area (Å²) in [4.78, 5) is 28.1. The van der Waals surface area contributed by atoms with Gasteiger partial charge in [0.2, 0.25) is 5.91 Å². The highest BCUT2D eigenvalue weighted by Gasteiger charge is 2.39. The van der Waals surface area contributed by atoms with Gasteiger partial charge in [0.1, 0.15) is 18.5 Å². The van der Waals surface area contributed by atoms with Crippen molar-refractivity contribution in [2.75, 3.05) is 25.5 Å². The number of hydrogen-bond acceptors (Lipinski definition) is 5. The third-order valence-electron chi connectivity index (χ3n) is 8.72. The maximum Gasteiger partial charge on any atom is 0.416 e. The number of anilines is 1. The molecule has 6 rings (SSSR count). The van der Waals surface area contributed by atoms with Crippen molar-refractivity contribution in [2.24, 2.45) is 5.92 Å². The number of carbonyl (C=O) groups excluding carboxylic acids is 2. The van der Waals surface area contributed by atoms with E-state index < -0.39 is 11.7 Å². The van der Waals surface area contributed by atoms with Crippen LogP contribution >= 0.6 is 0 Å². The lowest BCUT2D eigenvalue weighted by molar-refractivity contribution is -0.137. The van der Waals surface area contributed by atoms with E-state index in [0.717, 1.165) is 25.0 Å². The molecule has 226 valence electrons. The van der Waals surface area contributed by atoms with Crippen molar-refractivity contribution in [3.8, 4) is 5.75 Å². The summed E-state index contributed by atoms with van der Waals surface area (Å²) in [6.45, 7) is 0.971. The van der Waals surface area contributed by atoms with Gasteiger partial charge in [-0.25, -0.2) is 0 Å². The predicted molar refractivity (Wildman–Crippen MR) is 155 cm³/mol. The molecule has 0 unspecified atom stereocenters. The first-order chi connectivity index (χ1) is 20.7. The average Bonchev–Trinajstić information content (AvgIpc) is 3.45. The Kier molecular flexibility index (Phi) is 8.05. The van der Waals surface area contributed by atoms with Gasteiger partial charge in [-0.2, -0.15) is 13.2 Å². The highest BCUT2D eigenvalue weighted by Crippen LogP contribution is 2.33. The minimum Gasteiger partial charge on any atom is -0.490 e. The number of nitrogens with one attached hydrogen (secondary N) is 2. The smallest absolute Gasteiger partial charge is 0.416 e. The second-order valence-electron chi connectivity index (χ2n) is 11.5. The van der Waals surface area contributed by atoms with Gasteiger partial charge < -0.3 is 25.0 Å². The lowest BCUT2D eigenvalue weighted by atomic mass is 9.95. The van der Waals surface area contributed by atoms with E-state index in [9.17, 15) is 22.8 Å². The maximum absolute atomic E-state index is 13.5. The summed E-state index contributed by atoms with van der Waals surface area (Å²) in [5.41, 5.74) is 3.52. The van der Waals surface area contributed by atoms with E-state index in [1.165, 1.54) is 23.3 Å². The van der Waals surface area contributed by atoms with Gasteiger partial charge in [0.25, 0.3) is 5.91 Å². The zero-order chi connectivity index (χ0) is 30.1. The number of benzene rings is 3. The summed E-state index contributed by atoms with van der Waals surface area (Å²) >= 11 is 0. The molecule has 10 heteroatoms. The first-order valence-electron chi connectivity index (χ1n) is 14.6. The molecule has 2 amide bonds. The van der Waals surface area contributed by atoms with Crippen LogP contribution < -0.4 is 15.4 Å². The van der Waals surface area contributed by atoms with Crippen LogP contribution in [0, 0.1) is 5.92 Å². The van der Waals surface area contributed by atoms with E-state index in [4.69, 9.17) is 9.47 Å². The summed E-state index contributed by atoms with van der Waals surface area (Å²) in [5, 5.41) is 6.27. The zero-order valence-electron chi connectivity index (χ0n) is 23.8. The Balaban J connectivity index is 1.05. The van der Waals surface area contributed by atoms with Gasteiger partial charge in [0.05, 0.1) is 23.3 Å². The van der Waals surface area contributed by atoms with Crippen LogP contribution in [0.15, 0.2) is 66.7 Å². The van der Waals surface area contributed by atoms with E-state index in [0.29, 0.717) is 48.5 Å². The molecule has 0 bridgehead atoms. The maximum atomic E-state index is 13.5. The molecule has 3 aromatic rings. The number of ether oxygens (including phenoxy) is 2. The third kappa shape index (κ3) is 6.34. The first-order valence-corrected chi connectivity index (χ1v) is 14.6. The van der Waals surface area contributed by atoms with Gasteiger partial charge >= 0.3 is 6.18 Å². The Morgan fingerprint density at radius 2 is 1.72 bits per heavy atom. The Bertz CT molecular complexity index is 1470. The molecule has 43 heavy (non-hydrogen) atoms. The Hall–Kier alpha value is -4.05. The van der Waals surface area contributed by atoms with Crippen LogP contribution in [-0.2, 0) is 35.1 Å².